The van der Waals surface area contributed by atoms with Crippen LogP contribution in [0.25, 0.3) is 0 Å². The number of thiophene rings is 1. The van der Waals surface area contributed by atoms with E-state index in [-0.39, 0.29) is 12.3 Å². The van der Waals surface area contributed by atoms with E-state index in [1.807, 2.05) is 10.8 Å². The highest BCUT2D eigenvalue weighted by atomic mass is 32.1. The van der Waals surface area contributed by atoms with Crippen LogP contribution in [-0.2, 0) is 14.4 Å². The first-order valence-corrected chi connectivity index (χ1v) is 11.2. The second kappa shape index (κ2) is 10.8. The van der Waals surface area contributed by atoms with Gasteiger partial charge in [0.15, 0.2) is 0 Å². The van der Waals surface area contributed by atoms with Crippen molar-refractivity contribution in [1.82, 2.24) is 9.80 Å². The molecule has 1 aliphatic rings. The number of hydrogen-bond acceptors (Lipinski definition) is 6. The van der Waals surface area contributed by atoms with E-state index in [1.54, 1.807) is 30.3 Å². The highest BCUT2D eigenvalue weighted by Gasteiger charge is 2.37. The van der Waals surface area contributed by atoms with E-state index in [9.17, 15) is 19.5 Å². The zero-order valence-electron chi connectivity index (χ0n) is 17.5. The number of carboxylic acids is 1. The molecule has 0 aliphatic carbocycles. The van der Waals surface area contributed by atoms with Crippen molar-refractivity contribution in [2.24, 2.45) is 5.73 Å². The molecule has 1 unspecified atom stereocenters. The lowest BCUT2D eigenvalue weighted by Crippen LogP contribution is -2.55. The van der Waals surface area contributed by atoms with Gasteiger partial charge in [-0.05, 0) is 59.5 Å². The molecule has 1 saturated heterocycles. The molecule has 9 nitrogen and oxygen atoms in total. The van der Waals surface area contributed by atoms with Gasteiger partial charge >= 0.3 is 17.8 Å². The number of rotatable bonds is 11. The average molecular weight is 459 g/mol. The van der Waals surface area contributed by atoms with Gasteiger partial charge in [-0.15, -0.1) is 0 Å². The normalized spacial score (nSPS) is 15.0. The van der Waals surface area contributed by atoms with Crippen molar-refractivity contribution in [2.45, 2.75) is 25.3 Å². The third-order valence-electron chi connectivity index (χ3n) is 5.27. The summed E-state index contributed by atoms with van der Waals surface area (Å²) in [7, 11) is 0. The third-order valence-corrected chi connectivity index (χ3v) is 5.97. The van der Waals surface area contributed by atoms with E-state index in [0.717, 1.165) is 5.56 Å². The van der Waals surface area contributed by atoms with E-state index < -0.39 is 23.8 Å². The van der Waals surface area contributed by atoms with Crippen molar-refractivity contribution in [3.05, 3.63) is 52.2 Å². The van der Waals surface area contributed by atoms with Crippen LogP contribution in [0.4, 0.5) is 0 Å². The molecule has 0 saturated carbocycles. The number of nitrogen functional groups attached to an aromatic ring is 1. The van der Waals surface area contributed by atoms with Gasteiger partial charge < -0.3 is 25.4 Å². The monoisotopic (exact) mass is 458 g/mol. The number of aliphatic carboxylic acids is 1. The molecule has 4 N–H and O–H groups in total. The first-order chi connectivity index (χ1) is 15.4. The molecule has 2 amide bonds. The van der Waals surface area contributed by atoms with Crippen molar-refractivity contribution in [2.75, 3.05) is 26.2 Å². The van der Waals surface area contributed by atoms with Crippen LogP contribution >= 0.6 is 11.3 Å². The second-order valence-electron chi connectivity index (χ2n) is 7.45. The minimum Gasteiger partial charge on any atom is -0.494 e. The molecule has 1 aromatic carbocycles. The topological polar surface area (TPSA) is 137 Å². The number of nitrogens with zero attached hydrogens (tertiary/aromatic N) is 2. The van der Waals surface area contributed by atoms with E-state index in [1.165, 1.54) is 21.1 Å². The minimum atomic E-state index is -1.01. The summed E-state index contributed by atoms with van der Waals surface area (Å²) in [5.41, 5.74) is 6.79. The lowest BCUT2D eigenvalue weighted by Gasteiger charge is -2.38. The Morgan fingerprint density at radius 3 is 2.53 bits per heavy atom. The summed E-state index contributed by atoms with van der Waals surface area (Å²) in [5.74, 6) is -1.59. The summed E-state index contributed by atoms with van der Waals surface area (Å²) in [6, 6.07) is 8.08. The lowest BCUT2D eigenvalue weighted by atomic mass is 10.0. The number of piperazine rings is 1. The number of nitrogens with one attached hydrogen (secondary N) is 1. The van der Waals surface area contributed by atoms with E-state index >= 15 is 0 Å². The molecule has 0 radical (unpaired) electrons. The molecule has 0 spiro atoms. The fourth-order valence-corrected chi connectivity index (χ4v) is 4.27. The van der Waals surface area contributed by atoms with Gasteiger partial charge in [-0.3, -0.25) is 19.8 Å². The molecular weight excluding hydrogens is 432 g/mol. The minimum absolute atomic E-state index is 0.000429. The van der Waals surface area contributed by atoms with E-state index in [4.69, 9.17) is 15.9 Å². The lowest BCUT2D eigenvalue weighted by molar-refractivity contribution is -0.159. The van der Waals surface area contributed by atoms with E-state index in [2.05, 4.69) is 0 Å². The van der Waals surface area contributed by atoms with Crippen LogP contribution in [0.5, 0.6) is 5.75 Å². The molecule has 1 aliphatic heterocycles. The van der Waals surface area contributed by atoms with Gasteiger partial charge in [0, 0.05) is 25.2 Å². The van der Waals surface area contributed by atoms with Crippen LogP contribution in [0, 0.1) is 5.41 Å². The molecule has 3 rings (SSSR count). The predicted molar refractivity (Wildman–Crippen MR) is 120 cm³/mol. The zero-order chi connectivity index (χ0) is 23.1. The Bertz CT molecular complexity index is 961. The van der Waals surface area contributed by atoms with Crippen molar-refractivity contribution < 1.29 is 24.2 Å². The summed E-state index contributed by atoms with van der Waals surface area (Å²) in [5, 5.41) is 20.3. The van der Waals surface area contributed by atoms with Crippen LogP contribution in [0.2, 0.25) is 0 Å². The summed E-state index contributed by atoms with van der Waals surface area (Å²) < 4.78 is 5.66. The Morgan fingerprint density at radius 2 is 1.91 bits per heavy atom. The van der Waals surface area contributed by atoms with E-state index in [0.29, 0.717) is 50.4 Å². The fourth-order valence-electron chi connectivity index (χ4n) is 3.56. The number of benzene rings is 1. The van der Waals surface area contributed by atoms with Crippen LogP contribution in [0.15, 0.2) is 41.1 Å². The van der Waals surface area contributed by atoms with Crippen molar-refractivity contribution in [3.63, 3.8) is 0 Å². The van der Waals surface area contributed by atoms with Gasteiger partial charge in [0.2, 0.25) is 0 Å². The number of unbranched alkanes of at least 4 members (excludes halogenated alkanes) is 1. The fraction of sp³-hybridized carbons (Fsp3) is 0.364. The number of ether oxygens (including phenoxy) is 1. The maximum Gasteiger partial charge on any atom is 0.312 e. The Hall–Kier alpha value is -3.40. The molecule has 0 bridgehead atoms. The molecule has 1 atom stereocenters. The molecule has 1 fully saturated rings. The third kappa shape index (κ3) is 5.85. The second-order valence-corrected chi connectivity index (χ2v) is 8.23. The quantitative estimate of drug-likeness (QED) is 0.204. The first kappa shape index (κ1) is 23.3. The SMILES string of the molecule is N=C(N)c1ccc(OCCCCN2CCN(C(CC(=O)O)c3ccsc3)C(=O)C2=O)cc1. The standard InChI is InChI=1S/C22H26N4O5S/c23-20(24)15-3-5-17(6-4-15)31-11-2-1-8-25-9-10-26(22(30)21(25)29)18(13-19(27)28)16-7-12-32-14-16/h3-7,12,14,18H,1-2,8-11,13H2,(H3,23,24)(H,27,28). The number of carboxylic acid groups (broad SMARTS) is 1. The predicted octanol–water partition coefficient (Wildman–Crippen LogP) is 2.08. The smallest absolute Gasteiger partial charge is 0.312 e. The molecule has 32 heavy (non-hydrogen) atoms. The van der Waals surface area contributed by atoms with Crippen molar-refractivity contribution in [3.8, 4) is 5.75 Å². The van der Waals surface area contributed by atoms with Gasteiger partial charge in [-0.1, -0.05) is 0 Å². The van der Waals surface area contributed by atoms with Crippen molar-refractivity contribution >= 4 is 35.0 Å². The Balaban J connectivity index is 1.46. The molecular formula is C22H26N4O5S. The molecule has 170 valence electrons. The summed E-state index contributed by atoms with van der Waals surface area (Å²) >= 11 is 1.42. The van der Waals surface area contributed by atoms with Crippen LogP contribution < -0.4 is 10.5 Å². The maximum atomic E-state index is 12.7. The van der Waals surface area contributed by atoms with Crippen LogP contribution in [0.1, 0.15) is 36.4 Å². The highest BCUT2D eigenvalue weighted by molar-refractivity contribution is 7.08. The van der Waals surface area contributed by atoms with Gasteiger partial charge in [0.1, 0.15) is 11.6 Å². The number of nitrogens with two attached hydrogens (primary N) is 1. The van der Waals surface area contributed by atoms with Gasteiger partial charge in [-0.2, -0.15) is 11.3 Å². The average Bonchev–Trinajstić information content (AvgIpc) is 3.30. The largest absolute Gasteiger partial charge is 0.494 e. The number of amidine groups is 1. The first-order valence-electron chi connectivity index (χ1n) is 10.3. The zero-order valence-corrected chi connectivity index (χ0v) is 18.3. The highest BCUT2D eigenvalue weighted by Crippen LogP contribution is 2.28. The maximum absolute atomic E-state index is 12.7. The summed E-state index contributed by atoms with van der Waals surface area (Å²) in [4.78, 5) is 39.5. The number of amides is 2. The van der Waals surface area contributed by atoms with Gasteiger partial charge in [0.25, 0.3) is 0 Å². The Morgan fingerprint density at radius 1 is 1.16 bits per heavy atom. The summed E-state index contributed by atoms with van der Waals surface area (Å²) in [6.45, 7) is 1.57. The number of carbonyl (C=O) groups is 3. The molecule has 1 aromatic heterocycles. The molecule has 2 heterocycles. The van der Waals surface area contributed by atoms with Crippen LogP contribution in [-0.4, -0.2) is 64.8 Å². The van der Waals surface area contributed by atoms with Crippen molar-refractivity contribution in [1.29, 1.82) is 5.41 Å². The van der Waals surface area contributed by atoms with Crippen LogP contribution in [0.3, 0.4) is 0 Å². The van der Waals surface area contributed by atoms with Gasteiger partial charge in [-0.25, -0.2) is 0 Å². The summed E-state index contributed by atoms with van der Waals surface area (Å²) in [6.07, 6.45) is 1.14. The number of hydrogen-bond donors (Lipinski definition) is 3. The molecule has 10 heteroatoms. The Labute approximate surface area is 189 Å². The van der Waals surface area contributed by atoms with Gasteiger partial charge in [0.05, 0.1) is 19.1 Å². The number of carbonyl (C=O) groups excluding carboxylic acids is 2. The Kier molecular flexibility index (Phi) is 7.82. The molecule has 2 aromatic rings.